The Morgan fingerprint density at radius 1 is 1.09 bits per heavy atom. The molecule has 1 aromatic carbocycles. The fourth-order valence-corrected chi connectivity index (χ4v) is 3.97. The Kier molecular flexibility index (Phi) is 4.49. The first-order chi connectivity index (χ1) is 15.7. The van der Waals surface area contributed by atoms with Crippen LogP contribution in [0, 0.1) is 6.92 Å². The Morgan fingerprint density at radius 2 is 1.97 bits per heavy atom. The van der Waals surface area contributed by atoms with Gasteiger partial charge in [0.2, 0.25) is 5.95 Å². The third-order valence-electron chi connectivity index (χ3n) is 5.83. The SMILES string of the molecule is Cc1cn2c(Nc3cc(C4CC4)[nH]n3)nc(-c3cnn(CCc4ccccc4)c3)cc2n1. The van der Waals surface area contributed by atoms with Crippen LogP contribution < -0.4 is 5.32 Å². The zero-order chi connectivity index (χ0) is 21.5. The van der Waals surface area contributed by atoms with E-state index >= 15 is 0 Å². The van der Waals surface area contributed by atoms with E-state index in [0.29, 0.717) is 11.9 Å². The van der Waals surface area contributed by atoms with E-state index in [9.17, 15) is 0 Å². The summed E-state index contributed by atoms with van der Waals surface area (Å²) in [5, 5.41) is 15.5. The lowest BCUT2D eigenvalue weighted by Gasteiger charge is -2.07. The smallest absolute Gasteiger partial charge is 0.215 e. The molecule has 1 aliphatic carbocycles. The molecule has 8 nitrogen and oxygen atoms in total. The van der Waals surface area contributed by atoms with E-state index < -0.39 is 0 Å². The highest BCUT2D eigenvalue weighted by molar-refractivity contribution is 5.66. The number of aromatic nitrogens is 7. The maximum absolute atomic E-state index is 4.89. The minimum atomic E-state index is 0.620. The van der Waals surface area contributed by atoms with Crippen molar-refractivity contribution >= 4 is 17.4 Å². The van der Waals surface area contributed by atoms with E-state index in [0.717, 1.165) is 41.4 Å². The number of H-pyrrole nitrogens is 1. The Hall–Kier alpha value is -3.94. The Balaban J connectivity index is 1.28. The first kappa shape index (κ1) is 18.8. The number of rotatable bonds is 7. The number of hydrogen-bond acceptors (Lipinski definition) is 5. The molecule has 4 heterocycles. The first-order valence-corrected chi connectivity index (χ1v) is 11.0. The van der Waals surface area contributed by atoms with Crippen molar-refractivity contribution in [1.29, 1.82) is 0 Å². The van der Waals surface area contributed by atoms with E-state index in [1.165, 1.54) is 24.1 Å². The van der Waals surface area contributed by atoms with Crippen molar-refractivity contribution in [1.82, 2.24) is 34.3 Å². The predicted molar refractivity (Wildman–Crippen MR) is 123 cm³/mol. The fraction of sp³-hybridized carbons (Fsp3) is 0.250. The second kappa shape index (κ2) is 7.64. The highest BCUT2D eigenvalue weighted by Gasteiger charge is 2.25. The zero-order valence-corrected chi connectivity index (χ0v) is 17.9. The first-order valence-electron chi connectivity index (χ1n) is 11.0. The number of anilines is 2. The molecule has 0 amide bonds. The van der Waals surface area contributed by atoms with Gasteiger partial charge in [-0.05, 0) is 31.7 Å². The van der Waals surface area contributed by atoms with Crippen molar-refractivity contribution in [2.45, 2.75) is 38.6 Å². The Bertz CT molecular complexity index is 1370. The summed E-state index contributed by atoms with van der Waals surface area (Å²) in [4.78, 5) is 9.54. The summed E-state index contributed by atoms with van der Waals surface area (Å²) in [6.45, 7) is 2.80. The molecule has 0 radical (unpaired) electrons. The van der Waals surface area contributed by atoms with Gasteiger partial charge < -0.3 is 5.32 Å². The molecule has 32 heavy (non-hydrogen) atoms. The molecule has 0 spiro atoms. The molecular formula is C24H24N8. The number of fused-ring (bicyclic) bond motifs is 1. The van der Waals surface area contributed by atoms with Crippen LogP contribution in [0.15, 0.2) is 61.1 Å². The van der Waals surface area contributed by atoms with Crippen LogP contribution in [0.25, 0.3) is 16.9 Å². The van der Waals surface area contributed by atoms with Gasteiger partial charge in [-0.3, -0.25) is 14.2 Å². The monoisotopic (exact) mass is 424 g/mol. The van der Waals surface area contributed by atoms with E-state index in [2.05, 4.69) is 55.9 Å². The quantitative estimate of drug-likeness (QED) is 0.402. The minimum absolute atomic E-state index is 0.620. The molecule has 5 aromatic rings. The van der Waals surface area contributed by atoms with Gasteiger partial charge in [0.25, 0.3) is 0 Å². The van der Waals surface area contributed by atoms with Crippen molar-refractivity contribution < 1.29 is 0 Å². The molecule has 1 fully saturated rings. The van der Waals surface area contributed by atoms with Gasteiger partial charge in [0.1, 0.15) is 5.65 Å². The van der Waals surface area contributed by atoms with Crippen molar-refractivity contribution in [2.75, 3.05) is 5.32 Å². The van der Waals surface area contributed by atoms with Gasteiger partial charge >= 0.3 is 0 Å². The molecule has 1 saturated carbocycles. The fourth-order valence-electron chi connectivity index (χ4n) is 3.97. The van der Waals surface area contributed by atoms with Gasteiger partial charge in [0.15, 0.2) is 5.82 Å². The molecule has 160 valence electrons. The van der Waals surface area contributed by atoms with Crippen molar-refractivity contribution in [3.8, 4) is 11.3 Å². The van der Waals surface area contributed by atoms with Gasteiger partial charge in [-0.15, -0.1) is 0 Å². The second-order valence-electron chi connectivity index (χ2n) is 8.41. The summed E-state index contributed by atoms with van der Waals surface area (Å²) in [6.07, 6.45) is 9.28. The summed E-state index contributed by atoms with van der Waals surface area (Å²) in [7, 11) is 0. The van der Waals surface area contributed by atoms with Crippen LogP contribution in [-0.4, -0.2) is 34.3 Å². The van der Waals surface area contributed by atoms with Crippen LogP contribution in [0.2, 0.25) is 0 Å². The largest absolute Gasteiger partial charge is 0.308 e. The lowest BCUT2D eigenvalue weighted by atomic mass is 10.1. The van der Waals surface area contributed by atoms with Gasteiger partial charge in [-0.2, -0.15) is 10.2 Å². The van der Waals surface area contributed by atoms with Crippen LogP contribution in [0.1, 0.15) is 35.7 Å². The zero-order valence-electron chi connectivity index (χ0n) is 17.9. The van der Waals surface area contributed by atoms with Crippen LogP contribution in [-0.2, 0) is 13.0 Å². The van der Waals surface area contributed by atoms with Gasteiger partial charge in [-0.25, -0.2) is 9.97 Å². The van der Waals surface area contributed by atoms with Gasteiger partial charge in [-0.1, -0.05) is 30.3 Å². The molecule has 0 unspecified atom stereocenters. The third kappa shape index (κ3) is 3.75. The standard InChI is InChI=1S/C24H24N8/c1-16-14-32-23(26-16)12-20(27-24(32)28-22-11-21(29-30-22)18-7-8-18)19-13-25-31(15-19)10-9-17-5-3-2-4-6-17/h2-6,11-15,18H,7-10H2,1H3,(H2,27,28,29,30). The van der Waals surface area contributed by atoms with Crippen molar-refractivity contribution in [3.63, 3.8) is 0 Å². The Morgan fingerprint density at radius 3 is 2.81 bits per heavy atom. The minimum Gasteiger partial charge on any atom is -0.308 e. The molecule has 4 aromatic heterocycles. The number of aryl methyl sites for hydroxylation is 3. The predicted octanol–water partition coefficient (Wildman–Crippen LogP) is 4.49. The molecular weight excluding hydrogens is 400 g/mol. The number of hydrogen-bond donors (Lipinski definition) is 2. The van der Waals surface area contributed by atoms with Crippen LogP contribution >= 0.6 is 0 Å². The number of imidazole rings is 1. The van der Waals surface area contributed by atoms with Crippen LogP contribution in [0.4, 0.5) is 11.8 Å². The summed E-state index contributed by atoms with van der Waals surface area (Å²) >= 11 is 0. The molecule has 0 bridgehead atoms. The molecule has 0 saturated heterocycles. The average Bonchev–Trinajstić information content (AvgIpc) is 3.19. The van der Waals surface area contributed by atoms with E-state index in [1.807, 2.05) is 46.7 Å². The summed E-state index contributed by atoms with van der Waals surface area (Å²) in [6, 6.07) is 14.5. The maximum atomic E-state index is 4.89. The lowest BCUT2D eigenvalue weighted by molar-refractivity contribution is 0.615. The molecule has 0 atom stereocenters. The number of nitrogens with zero attached hydrogens (tertiary/aromatic N) is 6. The summed E-state index contributed by atoms with van der Waals surface area (Å²) in [5.41, 5.74) is 6.05. The average molecular weight is 425 g/mol. The maximum Gasteiger partial charge on any atom is 0.215 e. The van der Waals surface area contributed by atoms with E-state index in [-0.39, 0.29) is 0 Å². The summed E-state index contributed by atoms with van der Waals surface area (Å²) < 4.78 is 3.93. The number of aromatic amines is 1. The molecule has 2 N–H and O–H groups in total. The molecule has 6 rings (SSSR count). The molecule has 0 aliphatic heterocycles. The van der Waals surface area contributed by atoms with Crippen LogP contribution in [0.5, 0.6) is 0 Å². The number of nitrogens with one attached hydrogen (secondary N) is 2. The van der Waals surface area contributed by atoms with E-state index in [4.69, 9.17) is 4.98 Å². The normalized spacial score (nSPS) is 13.7. The van der Waals surface area contributed by atoms with Gasteiger partial charge in [0.05, 0.1) is 17.6 Å². The Labute approximate surface area is 185 Å². The summed E-state index contributed by atoms with van der Waals surface area (Å²) in [5.74, 6) is 2.07. The highest BCUT2D eigenvalue weighted by Crippen LogP contribution is 2.39. The number of benzene rings is 1. The van der Waals surface area contributed by atoms with Crippen LogP contribution in [0.3, 0.4) is 0 Å². The highest BCUT2D eigenvalue weighted by atomic mass is 15.3. The molecule has 1 aliphatic rings. The second-order valence-corrected chi connectivity index (χ2v) is 8.41. The van der Waals surface area contributed by atoms with Gasteiger partial charge in [0, 0.05) is 48.2 Å². The lowest BCUT2D eigenvalue weighted by Crippen LogP contribution is -2.03. The topological polar surface area (TPSA) is 88.7 Å². The van der Waals surface area contributed by atoms with E-state index in [1.54, 1.807) is 0 Å². The van der Waals surface area contributed by atoms with Crippen molar-refractivity contribution in [2.24, 2.45) is 0 Å². The molecule has 8 heteroatoms. The van der Waals surface area contributed by atoms with Crippen molar-refractivity contribution in [3.05, 3.63) is 78.0 Å². The third-order valence-corrected chi connectivity index (χ3v) is 5.83.